The zero-order valence-corrected chi connectivity index (χ0v) is 11.7. The summed E-state index contributed by atoms with van der Waals surface area (Å²) < 4.78 is 0. The number of anilines is 1. The second kappa shape index (κ2) is 4.91. The van der Waals surface area contributed by atoms with Crippen LogP contribution in [0.5, 0.6) is 0 Å². The average molecular weight is 233 g/mol. The SMILES string of the molecule is Cc1cc(C=O)ccc1N(C)C(C)C(C)(C)C. The maximum Gasteiger partial charge on any atom is 0.150 e. The van der Waals surface area contributed by atoms with Gasteiger partial charge in [0, 0.05) is 24.3 Å². The smallest absolute Gasteiger partial charge is 0.150 e. The average Bonchev–Trinajstić information content (AvgIpc) is 2.25. The second-order valence-electron chi connectivity index (χ2n) is 5.82. The Hall–Kier alpha value is -1.31. The minimum atomic E-state index is 0.227. The number of carbonyl (C=O) groups is 1. The van der Waals surface area contributed by atoms with Crippen LogP contribution in [0.15, 0.2) is 18.2 Å². The van der Waals surface area contributed by atoms with E-state index >= 15 is 0 Å². The third-order valence-corrected chi connectivity index (χ3v) is 3.57. The lowest BCUT2D eigenvalue weighted by molar-refractivity contribution is 0.112. The van der Waals surface area contributed by atoms with Crippen LogP contribution in [-0.2, 0) is 0 Å². The molecule has 1 rings (SSSR count). The fraction of sp³-hybridized carbons (Fsp3) is 0.533. The molecule has 0 spiro atoms. The summed E-state index contributed by atoms with van der Waals surface area (Å²) in [4.78, 5) is 13.0. The van der Waals surface area contributed by atoms with Gasteiger partial charge >= 0.3 is 0 Å². The highest BCUT2D eigenvalue weighted by molar-refractivity contribution is 5.77. The lowest BCUT2D eigenvalue weighted by Gasteiger charge is -2.37. The fourth-order valence-corrected chi connectivity index (χ4v) is 1.94. The molecule has 0 radical (unpaired) electrons. The highest BCUT2D eigenvalue weighted by Gasteiger charge is 2.24. The molecule has 0 fully saturated rings. The first-order chi connectivity index (χ1) is 7.77. The molecule has 1 aromatic rings. The summed E-state index contributed by atoms with van der Waals surface area (Å²) in [5, 5.41) is 0. The highest BCUT2D eigenvalue weighted by atomic mass is 16.1. The number of carbonyl (C=O) groups excluding carboxylic acids is 1. The van der Waals surface area contributed by atoms with Crippen LogP contribution in [0.3, 0.4) is 0 Å². The van der Waals surface area contributed by atoms with E-state index in [1.54, 1.807) is 0 Å². The molecule has 1 aromatic carbocycles. The number of aryl methyl sites for hydroxylation is 1. The molecule has 0 aliphatic carbocycles. The summed E-state index contributed by atoms with van der Waals surface area (Å²) in [5.41, 5.74) is 3.30. The maximum atomic E-state index is 10.7. The Labute approximate surface area is 105 Å². The van der Waals surface area contributed by atoms with E-state index in [-0.39, 0.29) is 5.41 Å². The molecule has 2 heteroatoms. The van der Waals surface area contributed by atoms with Crippen molar-refractivity contribution in [1.29, 1.82) is 0 Å². The minimum absolute atomic E-state index is 0.227. The molecule has 0 amide bonds. The second-order valence-corrected chi connectivity index (χ2v) is 5.82. The predicted octanol–water partition coefficient (Wildman–Crippen LogP) is 3.68. The van der Waals surface area contributed by atoms with Crippen molar-refractivity contribution >= 4 is 12.0 Å². The first-order valence-electron chi connectivity index (χ1n) is 6.06. The number of nitrogens with zero attached hydrogens (tertiary/aromatic N) is 1. The van der Waals surface area contributed by atoms with Gasteiger partial charge < -0.3 is 4.90 Å². The van der Waals surface area contributed by atoms with Crippen molar-refractivity contribution in [3.8, 4) is 0 Å². The summed E-state index contributed by atoms with van der Waals surface area (Å²) in [5.74, 6) is 0. The van der Waals surface area contributed by atoms with Gasteiger partial charge in [-0.3, -0.25) is 4.79 Å². The standard InChI is InChI=1S/C15H23NO/c1-11-9-13(10-17)7-8-14(11)16(6)12(2)15(3,4)5/h7-10,12H,1-6H3. The van der Waals surface area contributed by atoms with Crippen LogP contribution in [0.1, 0.15) is 43.6 Å². The molecular formula is C15H23NO. The Kier molecular flexibility index (Phi) is 3.97. The minimum Gasteiger partial charge on any atom is -0.371 e. The van der Waals surface area contributed by atoms with Gasteiger partial charge in [-0.1, -0.05) is 20.8 Å². The van der Waals surface area contributed by atoms with Gasteiger partial charge in [-0.05, 0) is 43.0 Å². The van der Waals surface area contributed by atoms with Crippen LogP contribution >= 0.6 is 0 Å². The van der Waals surface area contributed by atoms with E-state index in [2.05, 4.69) is 39.6 Å². The fourth-order valence-electron chi connectivity index (χ4n) is 1.94. The first-order valence-corrected chi connectivity index (χ1v) is 6.06. The Balaban J connectivity index is 3.04. The van der Waals surface area contributed by atoms with Gasteiger partial charge in [0.15, 0.2) is 0 Å². The molecule has 0 aliphatic heterocycles. The van der Waals surface area contributed by atoms with Crippen molar-refractivity contribution in [1.82, 2.24) is 0 Å². The molecule has 0 bridgehead atoms. The van der Waals surface area contributed by atoms with Gasteiger partial charge in [0.2, 0.25) is 0 Å². The van der Waals surface area contributed by atoms with Crippen molar-refractivity contribution in [3.63, 3.8) is 0 Å². The van der Waals surface area contributed by atoms with E-state index in [9.17, 15) is 4.79 Å². The quantitative estimate of drug-likeness (QED) is 0.742. The van der Waals surface area contributed by atoms with Crippen LogP contribution < -0.4 is 4.90 Å². The monoisotopic (exact) mass is 233 g/mol. The molecule has 94 valence electrons. The number of rotatable bonds is 3. The molecule has 0 saturated carbocycles. The van der Waals surface area contributed by atoms with Crippen molar-refractivity contribution in [2.24, 2.45) is 5.41 Å². The molecule has 1 atom stereocenters. The molecule has 0 heterocycles. The van der Waals surface area contributed by atoms with Crippen LogP contribution in [0.2, 0.25) is 0 Å². The molecule has 0 aromatic heterocycles. The number of hydrogen-bond donors (Lipinski definition) is 0. The molecule has 0 aliphatic rings. The van der Waals surface area contributed by atoms with Crippen LogP contribution in [-0.4, -0.2) is 19.4 Å². The Bertz CT molecular complexity index is 404. The van der Waals surface area contributed by atoms with E-state index < -0.39 is 0 Å². The topological polar surface area (TPSA) is 20.3 Å². The Morgan fingerprint density at radius 1 is 1.29 bits per heavy atom. The van der Waals surface area contributed by atoms with E-state index in [0.717, 1.165) is 17.4 Å². The molecule has 0 N–H and O–H groups in total. The van der Waals surface area contributed by atoms with E-state index in [1.165, 1.54) is 5.69 Å². The summed E-state index contributed by atoms with van der Waals surface area (Å²) in [7, 11) is 2.11. The van der Waals surface area contributed by atoms with Crippen molar-refractivity contribution in [2.75, 3.05) is 11.9 Å². The van der Waals surface area contributed by atoms with Gasteiger partial charge in [-0.25, -0.2) is 0 Å². The molecule has 2 nitrogen and oxygen atoms in total. The third kappa shape index (κ3) is 3.09. The van der Waals surface area contributed by atoms with Gasteiger partial charge in [0.05, 0.1) is 0 Å². The zero-order chi connectivity index (χ0) is 13.2. The van der Waals surface area contributed by atoms with Crippen molar-refractivity contribution in [2.45, 2.75) is 40.7 Å². The maximum absolute atomic E-state index is 10.7. The van der Waals surface area contributed by atoms with Crippen molar-refractivity contribution in [3.05, 3.63) is 29.3 Å². The Morgan fingerprint density at radius 3 is 2.29 bits per heavy atom. The lowest BCUT2D eigenvalue weighted by Crippen LogP contribution is -2.39. The highest BCUT2D eigenvalue weighted by Crippen LogP contribution is 2.29. The zero-order valence-electron chi connectivity index (χ0n) is 11.7. The van der Waals surface area contributed by atoms with Gasteiger partial charge in [-0.15, -0.1) is 0 Å². The molecule has 0 saturated heterocycles. The van der Waals surface area contributed by atoms with E-state index in [4.69, 9.17) is 0 Å². The lowest BCUT2D eigenvalue weighted by atomic mass is 9.86. The first kappa shape index (κ1) is 13.8. The number of aldehydes is 1. The predicted molar refractivity (Wildman–Crippen MR) is 73.9 cm³/mol. The van der Waals surface area contributed by atoms with E-state index in [0.29, 0.717) is 6.04 Å². The van der Waals surface area contributed by atoms with E-state index in [1.807, 2.05) is 25.1 Å². The molecular weight excluding hydrogens is 210 g/mol. The van der Waals surface area contributed by atoms with Crippen LogP contribution in [0, 0.1) is 12.3 Å². The number of benzene rings is 1. The summed E-state index contributed by atoms with van der Waals surface area (Å²) in [6.45, 7) is 11.0. The van der Waals surface area contributed by atoms with Gasteiger partial charge in [-0.2, -0.15) is 0 Å². The summed E-state index contributed by atoms with van der Waals surface area (Å²) >= 11 is 0. The van der Waals surface area contributed by atoms with Crippen LogP contribution in [0.4, 0.5) is 5.69 Å². The van der Waals surface area contributed by atoms with Gasteiger partial charge in [0.25, 0.3) is 0 Å². The normalized spacial score (nSPS) is 13.3. The largest absolute Gasteiger partial charge is 0.371 e. The van der Waals surface area contributed by atoms with Gasteiger partial charge in [0.1, 0.15) is 6.29 Å². The third-order valence-electron chi connectivity index (χ3n) is 3.57. The molecule has 1 unspecified atom stereocenters. The summed E-state index contributed by atoms with van der Waals surface area (Å²) in [6.07, 6.45) is 0.893. The number of hydrogen-bond acceptors (Lipinski definition) is 2. The molecule has 17 heavy (non-hydrogen) atoms. The van der Waals surface area contributed by atoms with Crippen LogP contribution in [0.25, 0.3) is 0 Å². The van der Waals surface area contributed by atoms with Crippen molar-refractivity contribution < 1.29 is 4.79 Å². The summed E-state index contributed by atoms with van der Waals surface area (Å²) in [6, 6.07) is 6.28. The Morgan fingerprint density at radius 2 is 1.88 bits per heavy atom.